The van der Waals surface area contributed by atoms with Crippen LogP contribution >= 0.6 is 11.3 Å². The molecule has 0 unspecified atom stereocenters. The van der Waals surface area contributed by atoms with Gasteiger partial charge in [-0.25, -0.2) is 4.98 Å². The van der Waals surface area contributed by atoms with Crippen molar-refractivity contribution in [2.75, 3.05) is 9.80 Å². The number of pyridine rings is 1. The van der Waals surface area contributed by atoms with Crippen molar-refractivity contribution >= 4 is 76.1 Å². The van der Waals surface area contributed by atoms with Gasteiger partial charge in [-0.05, 0) is 101 Å². The zero-order chi connectivity index (χ0) is 54.3. The van der Waals surface area contributed by atoms with Gasteiger partial charge in [0.2, 0.25) is 0 Å². The number of benzene rings is 8. The molecule has 0 spiro atoms. The Morgan fingerprint density at radius 3 is 2.00 bits per heavy atom. The summed E-state index contributed by atoms with van der Waals surface area (Å²) in [5.74, 6) is 1.58. The first kappa shape index (κ1) is 33.5. The molecule has 0 atom stereocenters. The summed E-state index contributed by atoms with van der Waals surface area (Å²) in [7, 11) is 0. The first-order valence-corrected chi connectivity index (χ1v) is 22.9. The number of hydrogen-bond acceptors (Lipinski definition) is 5. The van der Waals surface area contributed by atoms with Gasteiger partial charge in [-0.2, -0.15) is 12.1 Å². The summed E-state index contributed by atoms with van der Waals surface area (Å²) in [6, 6.07) is 36.1. The summed E-state index contributed by atoms with van der Waals surface area (Å²) in [6.07, 6.45) is 1.86. The third-order valence-corrected chi connectivity index (χ3v) is 14.2. The van der Waals surface area contributed by atoms with Gasteiger partial charge in [0.15, 0.2) is 0 Å². The van der Waals surface area contributed by atoms with Crippen molar-refractivity contribution in [3.8, 4) is 39.6 Å². The van der Waals surface area contributed by atoms with Crippen LogP contribution in [0.5, 0.6) is 11.5 Å². The van der Waals surface area contributed by atoms with E-state index in [0.717, 1.165) is 33.2 Å². The molecule has 68 heavy (non-hydrogen) atoms. The van der Waals surface area contributed by atoms with E-state index in [9.17, 15) is 5.48 Å². The third-order valence-electron chi connectivity index (χ3n) is 13.0. The Kier molecular flexibility index (Phi) is 8.35. The standard InChI is InChI=1S/C61H47N4OS.Pt/c1-38-39(2)56(41-18-9-7-10-19-41)59(57(40(38)3)42-20-11-8-12-21-42)64-37-63(50-25-14-15-26-51(50)64)44-22-17-23-45(35-44)66-46-28-29-49-53(36-46)65(55-34-43(32-33-62-55)61(4,5)6)52-31-30-48-47-24-13-16-27-54(47)67-60(48)58(49)52;/h7-34,37H,1-6H3;/q-3;/i7D,8D,9D,10D,11D,12D,18D,19D,20D,21D;. The van der Waals surface area contributed by atoms with Crippen LogP contribution in [0, 0.1) is 39.6 Å². The van der Waals surface area contributed by atoms with Crippen LogP contribution < -0.4 is 14.5 Å². The van der Waals surface area contributed by atoms with Gasteiger partial charge in [0.25, 0.3) is 0 Å². The number of fused-ring (bicyclic) bond motifs is 8. The van der Waals surface area contributed by atoms with E-state index in [1.165, 1.54) is 20.2 Å². The van der Waals surface area contributed by atoms with E-state index in [0.29, 0.717) is 45.3 Å². The van der Waals surface area contributed by atoms with Gasteiger partial charge >= 0.3 is 0 Å². The summed E-state index contributed by atoms with van der Waals surface area (Å²) in [5, 5.41) is 4.49. The molecule has 1 aliphatic rings. The Morgan fingerprint density at radius 2 is 1.29 bits per heavy atom. The third kappa shape index (κ3) is 7.12. The molecule has 12 rings (SSSR count). The van der Waals surface area contributed by atoms with E-state index >= 15 is 0 Å². The van der Waals surface area contributed by atoms with Gasteiger partial charge in [-0.1, -0.05) is 123 Å². The molecule has 336 valence electrons. The fourth-order valence-electron chi connectivity index (χ4n) is 9.47. The van der Waals surface area contributed by atoms with Gasteiger partial charge in [0.05, 0.1) is 13.7 Å². The summed E-state index contributed by atoms with van der Waals surface area (Å²) in [5.41, 5.74) is 7.01. The second-order valence-electron chi connectivity index (χ2n) is 17.8. The maximum atomic E-state index is 9.27. The molecule has 0 fully saturated rings. The maximum absolute atomic E-state index is 9.27. The summed E-state index contributed by atoms with van der Waals surface area (Å²) in [4.78, 5) is 8.63. The molecule has 3 aromatic heterocycles. The van der Waals surface area contributed by atoms with Crippen molar-refractivity contribution in [2.24, 2.45) is 0 Å². The quantitative estimate of drug-likeness (QED) is 0.149. The smallest absolute Gasteiger partial charge is 0.135 e. The van der Waals surface area contributed by atoms with Crippen LogP contribution in [0.25, 0.3) is 70.0 Å². The first-order valence-electron chi connectivity index (χ1n) is 27.0. The largest absolute Gasteiger partial charge is 0.509 e. The molecule has 11 aromatic rings. The van der Waals surface area contributed by atoms with E-state index < -0.39 is 60.4 Å². The maximum Gasteiger partial charge on any atom is 0.135 e. The summed E-state index contributed by atoms with van der Waals surface area (Å²) in [6.45, 7) is 13.8. The second kappa shape index (κ2) is 17.0. The predicted octanol–water partition coefficient (Wildman–Crippen LogP) is 16.9. The number of rotatable bonds is 7. The molecule has 0 N–H and O–H groups in total. The Morgan fingerprint density at radius 1 is 0.647 bits per heavy atom. The van der Waals surface area contributed by atoms with Crippen molar-refractivity contribution < 1.29 is 39.5 Å². The first-order chi connectivity index (χ1) is 36.8. The fraction of sp³-hybridized carbons (Fsp3) is 0.115. The number of para-hydroxylation sites is 2. The molecule has 0 aliphatic carbocycles. The molecule has 7 heteroatoms. The van der Waals surface area contributed by atoms with E-state index in [1.54, 1.807) is 36.8 Å². The minimum Gasteiger partial charge on any atom is -0.509 e. The average Bonchev–Trinajstić information content (AvgIpc) is 3.83. The molecule has 0 radical (unpaired) electrons. The number of ether oxygens (including phenoxy) is 1. The Balaban J connectivity index is 0.00000645. The minimum absolute atomic E-state index is 0. The molecule has 4 heterocycles. The van der Waals surface area contributed by atoms with E-state index in [4.69, 9.17) is 17.9 Å². The Labute approximate surface area is 430 Å². The SMILES string of the molecule is [2H]c1c([2H])c([2H])c(-c2c(C)c(C)c(C)c(-c3c([2H])c([2H])c([2H])c([2H])c3[2H])c2N2[CH-]N(c3[c-]c(Oc4[c-]c5c(cc4)c4c6sc7ccccc7c6ccc4n5-c4cc(C(C)(C)C)ccn4)ccc3)c3ccccc32)c([2H])c1[2H].[Pt]. The monoisotopic (exact) mass is 1090 g/mol. The van der Waals surface area contributed by atoms with E-state index in [1.807, 2.05) is 66.6 Å². The predicted molar refractivity (Wildman–Crippen MR) is 281 cm³/mol. The molecule has 1 aliphatic heterocycles. The Bertz CT molecular complexity index is 4200. The van der Waals surface area contributed by atoms with Crippen LogP contribution in [0.3, 0.4) is 0 Å². The van der Waals surface area contributed by atoms with Gasteiger partial charge in [0.1, 0.15) is 5.82 Å². The van der Waals surface area contributed by atoms with Gasteiger partial charge < -0.3 is 19.1 Å². The van der Waals surface area contributed by atoms with Crippen molar-refractivity contribution in [1.82, 2.24) is 9.55 Å². The minimum atomic E-state index is -0.559. The van der Waals surface area contributed by atoms with Crippen LogP contribution in [-0.4, -0.2) is 9.55 Å². The fourth-order valence-corrected chi connectivity index (χ4v) is 10.7. The molecule has 5 nitrogen and oxygen atoms in total. The van der Waals surface area contributed by atoms with E-state index in [2.05, 4.69) is 92.1 Å². The zero-order valence-corrected chi connectivity index (χ0v) is 41.0. The summed E-state index contributed by atoms with van der Waals surface area (Å²) < 4.78 is 100. The number of anilines is 4. The van der Waals surface area contributed by atoms with Crippen molar-refractivity contribution in [1.29, 1.82) is 0 Å². The normalized spacial score (nSPS) is 14.7. The Hall–Kier alpha value is -6.98. The molecule has 0 saturated carbocycles. The topological polar surface area (TPSA) is 33.5 Å². The van der Waals surface area contributed by atoms with E-state index in [-0.39, 0.29) is 54.4 Å². The second-order valence-corrected chi connectivity index (χ2v) is 18.9. The number of aromatic nitrogens is 2. The summed E-state index contributed by atoms with van der Waals surface area (Å²) >= 11 is 1.77. The molecule has 0 amide bonds. The molecule has 0 saturated heterocycles. The van der Waals surface area contributed by atoms with Crippen molar-refractivity contribution in [3.05, 3.63) is 211 Å². The van der Waals surface area contributed by atoms with Gasteiger partial charge in [-0.3, -0.25) is 0 Å². The van der Waals surface area contributed by atoms with Gasteiger partial charge in [0, 0.05) is 92.6 Å². The van der Waals surface area contributed by atoms with Crippen molar-refractivity contribution in [3.63, 3.8) is 0 Å². The van der Waals surface area contributed by atoms with Gasteiger partial charge in [-0.15, -0.1) is 59.4 Å². The number of thiophene rings is 1. The van der Waals surface area contributed by atoms with Crippen LogP contribution in [0.4, 0.5) is 22.7 Å². The molecular formula is C61H47N4OPtS-3. The van der Waals surface area contributed by atoms with Crippen LogP contribution in [-0.2, 0) is 26.5 Å². The molecule has 8 aromatic carbocycles. The molecule has 0 bridgehead atoms. The van der Waals surface area contributed by atoms with Crippen LogP contribution in [0.2, 0.25) is 0 Å². The van der Waals surface area contributed by atoms with Crippen LogP contribution in [0.1, 0.15) is 56.7 Å². The average molecular weight is 1090 g/mol. The number of nitrogens with zero attached hydrogens (tertiary/aromatic N) is 4. The zero-order valence-electron chi connectivity index (χ0n) is 47.9. The number of hydrogen-bond donors (Lipinski definition) is 0. The van der Waals surface area contributed by atoms with Crippen molar-refractivity contribution in [2.45, 2.75) is 47.0 Å². The molecular weight excluding hydrogens is 1030 g/mol. The van der Waals surface area contributed by atoms with Crippen LogP contribution in [0.15, 0.2) is 170 Å².